The summed E-state index contributed by atoms with van der Waals surface area (Å²) in [6.45, 7) is 2.69. The first-order valence-corrected chi connectivity index (χ1v) is 8.15. The highest BCUT2D eigenvalue weighted by molar-refractivity contribution is 7.08. The van der Waals surface area contributed by atoms with Gasteiger partial charge in [-0.2, -0.15) is 16.3 Å². The van der Waals surface area contributed by atoms with Crippen molar-refractivity contribution in [2.24, 2.45) is 0 Å². The molecule has 0 aromatic carbocycles. The zero-order chi connectivity index (χ0) is 16.5. The molecule has 9 heteroatoms. The average Bonchev–Trinajstić information content (AvgIpc) is 3.20. The van der Waals surface area contributed by atoms with Gasteiger partial charge in [0.2, 0.25) is 17.6 Å². The summed E-state index contributed by atoms with van der Waals surface area (Å²) in [7, 11) is 0. The van der Waals surface area contributed by atoms with Gasteiger partial charge in [-0.15, -0.1) is 0 Å². The molecule has 0 aliphatic heterocycles. The number of hydrogen-bond acceptors (Lipinski definition) is 7. The first kappa shape index (κ1) is 16.9. The van der Waals surface area contributed by atoms with Crippen LogP contribution in [0.5, 0.6) is 0 Å². The maximum absolute atomic E-state index is 11.7. The average molecular weight is 338 g/mol. The van der Waals surface area contributed by atoms with Crippen LogP contribution in [0, 0.1) is 0 Å². The predicted octanol–water partition coefficient (Wildman–Crippen LogP) is 1.59. The first-order valence-electron chi connectivity index (χ1n) is 7.21. The number of ether oxygens (including phenoxy) is 1. The van der Waals surface area contributed by atoms with Gasteiger partial charge in [0.1, 0.15) is 0 Å². The van der Waals surface area contributed by atoms with Crippen LogP contribution in [0.1, 0.15) is 19.2 Å². The third-order valence-corrected chi connectivity index (χ3v) is 3.49. The molecule has 8 nitrogen and oxygen atoms in total. The molecule has 0 aliphatic rings. The van der Waals surface area contributed by atoms with E-state index in [2.05, 4.69) is 20.8 Å². The zero-order valence-corrected chi connectivity index (χ0v) is 13.5. The number of nitrogens with one attached hydrogen (secondary N) is 2. The molecule has 124 valence electrons. The summed E-state index contributed by atoms with van der Waals surface area (Å²) in [5.74, 6) is 0.803. The van der Waals surface area contributed by atoms with Crippen molar-refractivity contribution in [3.8, 4) is 11.4 Å². The molecule has 2 aromatic rings. The summed E-state index contributed by atoms with van der Waals surface area (Å²) in [6, 6.07) is 1.91. The molecule has 2 rings (SSSR count). The second kappa shape index (κ2) is 8.89. The van der Waals surface area contributed by atoms with Gasteiger partial charge in [-0.05, 0) is 18.4 Å². The molecule has 0 saturated carbocycles. The van der Waals surface area contributed by atoms with Crippen molar-refractivity contribution in [3.05, 3.63) is 22.7 Å². The summed E-state index contributed by atoms with van der Waals surface area (Å²) in [4.78, 5) is 26.9. The molecular weight excluding hydrogens is 320 g/mol. The summed E-state index contributed by atoms with van der Waals surface area (Å²) in [6.07, 6.45) is 0.118. The lowest BCUT2D eigenvalue weighted by Crippen LogP contribution is -2.35. The first-order chi connectivity index (χ1) is 11.2. The van der Waals surface area contributed by atoms with Crippen molar-refractivity contribution in [2.75, 3.05) is 19.7 Å². The number of amides is 2. The lowest BCUT2D eigenvalue weighted by Gasteiger charge is -2.06. The van der Waals surface area contributed by atoms with E-state index < -0.39 is 6.09 Å². The maximum atomic E-state index is 11.7. The van der Waals surface area contributed by atoms with Gasteiger partial charge in [-0.3, -0.25) is 4.79 Å². The Morgan fingerprint density at radius 3 is 2.91 bits per heavy atom. The molecule has 0 radical (unpaired) electrons. The van der Waals surface area contributed by atoms with Crippen molar-refractivity contribution in [1.29, 1.82) is 0 Å². The smallest absolute Gasteiger partial charge is 0.407 e. The van der Waals surface area contributed by atoms with Gasteiger partial charge in [0, 0.05) is 36.9 Å². The fraction of sp³-hybridized carbons (Fsp3) is 0.429. The molecule has 2 N–H and O–H groups in total. The van der Waals surface area contributed by atoms with Crippen molar-refractivity contribution >= 4 is 23.3 Å². The van der Waals surface area contributed by atoms with E-state index >= 15 is 0 Å². The van der Waals surface area contributed by atoms with E-state index in [-0.39, 0.29) is 12.3 Å². The summed E-state index contributed by atoms with van der Waals surface area (Å²) < 4.78 is 9.81. The van der Waals surface area contributed by atoms with Crippen LogP contribution in [0.3, 0.4) is 0 Å². The normalized spacial score (nSPS) is 10.3. The Morgan fingerprint density at radius 1 is 1.35 bits per heavy atom. The summed E-state index contributed by atoms with van der Waals surface area (Å²) in [5, 5.41) is 12.9. The third-order valence-electron chi connectivity index (χ3n) is 2.81. The number of aromatic nitrogens is 2. The van der Waals surface area contributed by atoms with Gasteiger partial charge < -0.3 is 19.9 Å². The van der Waals surface area contributed by atoms with Crippen LogP contribution in [-0.2, 0) is 16.0 Å². The Morgan fingerprint density at radius 2 is 2.17 bits per heavy atom. The standard InChI is InChI=1S/C14H18N4O4S/c1-2-21-14(20)16-7-6-15-11(19)3-4-12-17-13(18-22-12)10-5-8-23-9-10/h5,8-9H,2-4,6-7H2,1H3,(H,15,19)(H,16,20). The highest BCUT2D eigenvalue weighted by Gasteiger charge is 2.10. The highest BCUT2D eigenvalue weighted by atomic mass is 32.1. The van der Waals surface area contributed by atoms with Crippen LogP contribution in [0.25, 0.3) is 11.4 Å². The Balaban J connectivity index is 1.64. The quantitative estimate of drug-likeness (QED) is 0.708. The minimum absolute atomic E-state index is 0.147. The molecule has 2 heterocycles. The second-order valence-corrected chi connectivity index (χ2v) is 5.30. The number of aryl methyl sites for hydroxylation is 1. The SMILES string of the molecule is CCOC(=O)NCCNC(=O)CCc1nc(-c2ccsc2)no1. The zero-order valence-electron chi connectivity index (χ0n) is 12.7. The monoisotopic (exact) mass is 338 g/mol. The molecule has 2 amide bonds. The van der Waals surface area contributed by atoms with E-state index in [0.29, 0.717) is 37.8 Å². The van der Waals surface area contributed by atoms with E-state index in [1.807, 2.05) is 16.8 Å². The third kappa shape index (κ3) is 5.70. The number of carbonyl (C=O) groups excluding carboxylic acids is 2. The molecule has 0 fully saturated rings. The predicted molar refractivity (Wildman–Crippen MR) is 84.0 cm³/mol. The van der Waals surface area contributed by atoms with Gasteiger partial charge >= 0.3 is 6.09 Å². The van der Waals surface area contributed by atoms with Crippen LogP contribution >= 0.6 is 11.3 Å². The van der Waals surface area contributed by atoms with Crippen LogP contribution in [0.4, 0.5) is 4.79 Å². The molecule has 0 unspecified atom stereocenters. The van der Waals surface area contributed by atoms with Gasteiger partial charge in [-0.1, -0.05) is 5.16 Å². The van der Waals surface area contributed by atoms with E-state index in [0.717, 1.165) is 5.56 Å². The van der Waals surface area contributed by atoms with Crippen LogP contribution in [0.15, 0.2) is 21.3 Å². The van der Waals surface area contributed by atoms with E-state index in [9.17, 15) is 9.59 Å². The van der Waals surface area contributed by atoms with Gasteiger partial charge in [0.25, 0.3) is 0 Å². The number of rotatable bonds is 8. The molecule has 0 aliphatic carbocycles. The summed E-state index contributed by atoms with van der Waals surface area (Å²) in [5.41, 5.74) is 0.902. The van der Waals surface area contributed by atoms with E-state index in [1.165, 1.54) is 0 Å². The second-order valence-electron chi connectivity index (χ2n) is 4.52. The molecular formula is C14H18N4O4S. The molecule has 0 atom stereocenters. The van der Waals surface area contributed by atoms with E-state index in [4.69, 9.17) is 9.26 Å². The number of alkyl carbamates (subject to hydrolysis) is 1. The lowest BCUT2D eigenvalue weighted by molar-refractivity contribution is -0.121. The molecule has 23 heavy (non-hydrogen) atoms. The molecule has 0 saturated heterocycles. The van der Waals surface area contributed by atoms with Gasteiger partial charge in [0.15, 0.2) is 0 Å². The number of thiophene rings is 1. The number of nitrogens with zero attached hydrogens (tertiary/aromatic N) is 2. The molecule has 0 bridgehead atoms. The Bertz CT molecular complexity index is 627. The molecule has 2 aromatic heterocycles. The number of hydrogen-bond donors (Lipinski definition) is 2. The highest BCUT2D eigenvalue weighted by Crippen LogP contribution is 2.18. The Hall–Kier alpha value is -2.42. The van der Waals surface area contributed by atoms with Crippen molar-refractivity contribution in [3.63, 3.8) is 0 Å². The molecule has 0 spiro atoms. The van der Waals surface area contributed by atoms with E-state index in [1.54, 1.807) is 18.3 Å². The Labute approximate surface area is 137 Å². The number of carbonyl (C=O) groups is 2. The largest absolute Gasteiger partial charge is 0.450 e. The lowest BCUT2D eigenvalue weighted by atomic mass is 10.3. The van der Waals surface area contributed by atoms with Gasteiger partial charge in [-0.25, -0.2) is 4.79 Å². The minimum Gasteiger partial charge on any atom is -0.450 e. The fourth-order valence-corrected chi connectivity index (χ4v) is 2.36. The maximum Gasteiger partial charge on any atom is 0.407 e. The topological polar surface area (TPSA) is 106 Å². The Kier molecular flexibility index (Phi) is 6.55. The minimum atomic E-state index is -0.492. The van der Waals surface area contributed by atoms with Crippen LogP contribution in [-0.4, -0.2) is 41.8 Å². The van der Waals surface area contributed by atoms with Crippen molar-refractivity contribution in [1.82, 2.24) is 20.8 Å². The van der Waals surface area contributed by atoms with Crippen molar-refractivity contribution in [2.45, 2.75) is 19.8 Å². The van der Waals surface area contributed by atoms with Crippen LogP contribution < -0.4 is 10.6 Å². The van der Waals surface area contributed by atoms with Gasteiger partial charge in [0.05, 0.1) is 6.61 Å². The summed E-state index contributed by atoms with van der Waals surface area (Å²) >= 11 is 1.55. The van der Waals surface area contributed by atoms with Crippen molar-refractivity contribution < 1.29 is 18.8 Å². The fourth-order valence-electron chi connectivity index (χ4n) is 1.72. The van der Waals surface area contributed by atoms with Crippen LogP contribution in [0.2, 0.25) is 0 Å².